The van der Waals surface area contributed by atoms with Crippen molar-refractivity contribution >= 4 is 49.8 Å². The van der Waals surface area contributed by atoms with Crippen LogP contribution in [0.3, 0.4) is 0 Å². The maximum Gasteiger partial charge on any atom is 0.0371 e. The molecule has 0 unspecified atom stereocenters. The number of anilines is 4. The number of Topliss-reactive ketones (excluding diaryl/α,β-unsaturated/α-hetero) is 1. The summed E-state index contributed by atoms with van der Waals surface area (Å²) >= 11 is 0. The van der Waals surface area contributed by atoms with E-state index in [4.69, 9.17) is 10.8 Å². The van der Waals surface area contributed by atoms with Gasteiger partial charge in [-0.15, -0.1) is 0 Å². The quantitative estimate of drug-likeness (QED) is 0.0466. The Bertz CT molecular complexity index is 2260. The maximum absolute atomic E-state index is 10.7. The summed E-state index contributed by atoms with van der Waals surface area (Å²) in [5, 5.41) is 25.6. The average Bonchev–Trinajstić information content (AvgIpc) is 3.41. The van der Waals surface area contributed by atoms with Gasteiger partial charge in [0.25, 0.3) is 0 Å². The summed E-state index contributed by atoms with van der Waals surface area (Å²) in [5.41, 5.74) is 18.0. The molecule has 12 nitrogen and oxygen atoms in total. The summed E-state index contributed by atoms with van der Waals surface area (Å²) in [6.45, 7) is 30.3. The Hall–Kier alpha value is -5.02. The smallest absolute Gasteiger partial charge is 0.0371 e. The molecule has 0 spiro atoms. The number of nitrogens with zero attached hydrogens (tertiary/aromatic N) is 5. The van der Waals surface area contributed by atoms with Gasteiger partial charge in [0, 0.05) is 48.5 Å². The van der Waals surface area contributed by atoms with Crippen LogP contribution in [0, 0.1) is 27.7 Å². The largest absolute Gasteiger partial charge is 0.399 e. The number of benzene rings is 4. The summed E-state index contributed by atoms with van der Waals surface area (Å²) in [4.78, 5) is 22.1. The van der Waals surface area contributed by atoms with Gasteiger partial charge in [-0.2, -0.15) is 0 Å². The molecule has 4 aromatic rings. The van der Waals surface area contributed by atoms with Gasteiger partial charge in [0.2, 0.25) is 0 Å². The molecule has 77 heavy (non-hydrogen) atoms. The van der Waals surface area contributed by atoms with Crippen molar-refractivity contribution in [3.05, 3.63) is 143 Å². The van der Waals surface area contributed by atoms with Crippen LogP contribution in [0.1, 0.15) is 109 Å². The van der Waals surface area contributed by atoms with Crippen molar-refractivity contribution in [2.24, 2.45) is 0 Å². The van der Waals surface area contributed by atoms with Crippen molar-refractivity contribution in [3.8, 4) is 0 Å². The maximum atomic E-state index is 10.7. The van der Waals surface area contributed by atoms with Crippen molar-refractivity contribution in [3.63, 3.8) is 0 Å². The van der Waals surface area contributed by atoms with E-state index < -0.39 is 7.05 Å². The summed E-state index contributed by atoms with van der Waals surface area (Å²) in [6.07, 6.45) is 13.3. The molecule has 4 saturated heterocycles. The van der Waals surface area contributed by atoms with E-state index in [-0.39, 0.29) is 14.5 Å². The minimum absolute atomic E-state index is 0. The zero-order valence-electron chi connectivity index (χ0n) is 48.3. The van der Waals surface area contributed by atoms with Gasteiger partial charge in [0.1, 0.15) is 5.78 Å². The molecule has 0 saturated carbocycles. The molecular formula is C62H99B3N8O4. The fourth-order valence-electron chi connectivity index (χ4n) is 9.62. The molecule has 4 heterocycles. The van der Waals surface area contributed by atoms with Gasteiger partial charge in [-0.1, -0.05) is 72.2 Å². The number of carbonyl (C=O) groups is 1. The molecule has 4 aliphatic heterocycles. The third-order valence-corrected chi connectivity index (χ3v) is 14.6. The van der Waals surface area contributed by atoms with Gasteiger partial charge in [0.15, 0.2) is 0 Å². The van der Waals surface area contributed by atoms with E-state index in [1.54, 1.807) is 6.82 Å². The second-order valence-electron chi connectivity index (χ2n) is 21.8. The second kappa shape index (κ2) is 36.2. The molecule has 6 N–H and O–H groups in total. The van der Waals surface area contributed by atoms with Gasteiger partial charge < -0.3 is 40.9 Å². The Morgan fingerprint density at radius 3 is 1.40 bits per heavy atom. The number of nitrogens with one attached hydrogen (secondary N) is 2. The first kappa shape index (κ1) is 66.3. The third kappa shape index (κ3) is 26.0. The Balaban J connectivity index is 0.000000262. The fraction of sp³-hybridized carbons (Fsp3) is 0.532. The molecule has 15 heteroatoms. The summed E-state index contributed by atoms with van der Waals surface area (Å²) in [6, 6.07) is 35.9. The van der Waals surface area contributed by atoms with Gasteiger partial charge in [-0.25, -0.2) is 0 Å². The van der Waals surface area contributed by atoms with E-state index in [1.165, 1.54) is 63.3 Å². The first-order valence-corrected chi connectivity index (χ1v) is 28.2. The SMILES string of the molecule is C.CB(O)N1CCC(=O)CC1.CB(O)N1CCC(Nc2ccc(C)cc2)CC1.CC(C)=CCN(c1ccc(C)cc1)C1CCN(CB=O)CC1.CC(C)=CCN(c1ccc(C)cc1)C1CCNCC1.Cc1ccc(N)cc1. The zero-order valence-corrected chi connectivity index (χ0v) is 48.3. The van der Waals surface area contributed by atoms with Crippen molar-refractivity contribution in [2.45, 2.75) is 146 Å². The molecule has 0 aromatic heterocycles. The molecule has 0 aliphatic carbocycles. The molecule has 420 valence electrons. The van der Waals surface area contributed by atoms with Crippen LogP contribution in [0.2, 0.25) is 13.6 Å². The number of rotatable bonds is 14. The predicted octanol–water partition coefficient (Wildman–Crippen LogP) is 10.7. The number of hydrogen-bond acceptors (Lipinski definition) is 12. The second-order valence-corrected chi connectivity index (χ2v) is 21.8. The molecule has 8 rings (SSSR count). The van der Waals surface area contributed by atoms with Crippen LogP contribution in [-0.4, -0.2) is 142 Å². The number of nitrogen functional groups attached to an aromatic ring is 1. The predicted molar refractivity (Wildman–Crippen MR) is 333 cm³/mol. The Labute approximate surface area is 468 Å². The van der Waals surface area contributed by atoms with Crippen LogP contribution >= 0.6 is 0 Å². The number of piperidine rings is 4. The van der Waals surface area contributed by atoms with Crippen LogP contribution in [-0.2, 0) is 9.50 Å². The van der Waals surface area contributed by atoms with E-state index in [9.17, 15) is 14.5 Å². The van der Waals surface area contributed by atoms with Crippen LogP contribution < -0.4 is 26.2 Å². The van der Waals surface area contributed by atoms with Crippen molar-refractivity contribution in [1.29, 1.82) is 0 Å². The summed E-state index contributed by atoms with van der Waals surface area (Å²) in [7, 11) is 0.310. The van der Waals surface area contributed by atoms with E-state index in [0.717, 1.165) is 104 Å². The van der Waals surface area contributed by atoms with Crippen molar-refractivity contribution < 1.29 is 19.5 Å². The number of allylic oxidation sites excluding steroid dienone is 2. The number of ketones is 1. The molecule has 0 radical (unpaired) electrons. The summed E-state index contributed by atoms with van der Waals surface area (Å²) < 4.78 is 10.7. The standard InChI is InChI=1S/C18H27BN2O.C17H26N2.C13H21BN2O.C7H9N.C6H12BNO2.CH4/c1-15(2)8-13-21(17-6-4-16(3)5-7-17)18-9-11-20(12-10-18)14-19-22;1-14(2)10-13-19(17-8-11-18-12-9-17)16-6-4-15(3)5-7-16;1-11-3-5-12(6-4-11)15-13-7-9-16(10-8-13)14(2)17;1-6-2-4-7(8)5-3-6;1-7(10)8-4-2-6(9)3-5-8;/h4-8,18H,9-14H2,1-3H3;4-7,10,17-18H,8-9,11-13H2,1-3H3;3-6,13,15,17H,7-10H2,1-2H3;2-5H,8H2,1H3;10H,2-5H2,1H3;1H4. The molecule has 0 atom stereocenters. The molecule has 4 fully saturated rings. The van der Waals surface area contributed by atoms with Crippen molar-refractivity contribution in [2.75, 3.05) is 92.7 Å². The first-order valence-electron chi connectivity index (χ1n) is 28.2. The third-order valence-electron chi connectivity index (χ3n) is 14.6. The number of likely N-dealkylation sites (tertiary alicyclic amines) is 1. The fourth-order valence-corrected chi connectivity index (χ4v) is 9.62. The van der Waals surface area contributed by atoms with E-state index >= 15 is 0 Å². The zero-order chi connectivity index (χ0) is 55.4. The minimum atomic E-state index is -0.395. The Morgan fingerprint density at radius 2 is 1.01 bits per heavy atom. The molecule has 0 amide bonds. The van der Waals surface area contributed by atoms with Gasteiger partial charge in [-0.3, -0.25) is 4.79 Å². The normalized spacial score (nSPS) is 16.3. The van der Waals surface area contributed by atoms with E-state index in [0.29, 0.717) is 43.2 Å². The first-order chi connectivity index (χ1) is 36.4. The molecule has 0 bridgehead atoms. The number of aryl methyl sites for hydroxylation is 4. The van der Waals surface area contributed by atoms with Gasteiger partial charge >= 0.3 is 149 Å². The van der Waals surface area contributed by atoms with Gasteiger partial charge in [0.05, 0.1) is 0 Å². The summed E-state index contributed by atoms with van der Waals surface area (Å²) in [5.74, 6) is 0.317. The molecule has 4 aliphatic rings. The van der Waals surface area contributed by atoms with Crippen LogP contribution in [0.15, 0.2) is 120 Å². The van der Waals surface area contributed by atoms with Gasteiger partial charge in [-0.05, 0) is 150 Å². The number of hydrogen-bond donors (Lipinski definition) is 5. The topological polar surface area (TPSA) is 141 Å². The Kier molecular flexibility index (Phi) is 31.2. The van der Waals surface area contributed by atoms with Crippen LogP contribution in [0.4, 0.5) is 22.7 Å². The number of carbonyl (C=O) groups excluding carboxylic acids is 1. The molecular weight excluding hydrogens is 953 g/mol. The Morgan fingerprint density at radius 1 is 0.623 bits per heavy atom. The molecule has 4 aromatic carbocycles. The minimum Gasteiger partial charge on any atom is -0.399 e. The average molecular weight is 1050 g/mol. The van der Waals surface area contributed by atoms with E-state index in [2.05, 4.69) is 164 Å². The number of nitrogens with two attached hydrogens (primary N) is 1. The van der Waals surface area contributed by atoms with Crippen LogP contribution in [0.5, 0.6) is 0 Å². The van der Waals surface area contributed by atoms with Crippen molar-refractivity contribution in [1.82, 2.24) is 19.8 Å². The van der Waals surface area contributed by atoms with E-state index in [1.807, 2.05) is 42.8 Å². The van der Waals surface area contributed by atoms with Crippen LogP contribution in [0.25, 0.3) is 0 Å². The monoisotopic (exact) mass is 1050 g/mol.